The van der Waals surface area contributed by atoms with Gasteiger partial charge < -0.3 is 35.6 Å². The van der Waals surface area contributed by atoms with E-state index >= 15 is 0 Å². The molecule has 2 saturated heterocycles. The van der Waals surface area contributed by atoms with E-state index in [0.717, 1.165) is 31.5 Å². The third kappa shape index (κ3) is 7.22. The van der Waals surface area contributed by atoms with Gasteiger partial charge in [0.15, 0.2) is 5.82 Å². The number of hydrogen-bond acceptors (Lipinski definition) is 9. The Hall–Kier alpha value is -4.26. The smallest absolute Gasteiger partial charge is 0.409 e. The number of carboxylic acids is 1. The van der Waals surface area contributed by atoms with Crippen molar-refractivity contribution in [2.24, 2.45) is 17.6 Å². The molecule has 1 aliphatic carbocycles. The summed E-state index contributed by atoms with van der Waals surface area (Å²) in [6, 6.07) is 10.0. The number of nitrogens with two attached hydrogens (primary N) is 1. The second-order valence-corrected chi connectivity index (χ2v) is 11.3. The summed E-state index contributed by atoms with van der Waals surface area (Å²) >= 11 is 0. The van der Waals surface area contributed by atoms with E-state index in [9.17, 15) is 24.3 Å². The van der Waals surface area contributed by atoms with Gasteiger partial charge in [-0.2, -0.15) is 0 Å². The van der Waals surface area contributed by atoms with E-state index in [-0.39, 0.29) is 50.8 Å². The Bertz CT molecular complexity index is 1320. The Morgan fingerprint density at radius 3 is 2.37 bits per heavy atom. The van der Waals surface area contributed by atoms with Crippen molar-refractivity contribution in [1.82, 2.24) is 25.1 Å². The first-order valence-electron chi connectivity index (χ1n) is 14.9. The van der Waals surface area contributed by atoms with Crippen molar-refractivity contribution in [3.05, 3.63) is 42.1 Å². The van der Waals surface area contributed by atoms with Crippen LogP contribution in [0.1, 0.15) is 43.1 Å². The van der Waals surface area contributed by atoms with Crippen molar-refractivity contribution >= 4 is 29.7 Å². The van der Waals surface area contributed by atoms with Crippen LogP contribution < -0.4 is 16.0 Å². The highest BCUT2D eigenvalue weighted by atomic mass is 16.6. The largest absolute Gasteiger partial charge is 0.481 e. The fourth-order valence-electron chi connectivity index (χ4n) is 5.67. The molecule has 3 heterocycles. The number of piperidine rings is 1. The standard InChI is InChI=1S/C30H39N7O6/c1-2-3-15-43-30(42)36-13-11-35(12-14-36)29(41)22(9-10-25(38)39)33-28(40)23-16-24(37-17-20-21(18-37)26(20)31)34-27(32-23)19-7-5-4-6-8-19/h4-8,16,20-22,26H,2-3,9-15,17-18,31H2,1H3,(H,33,40)(H,38,39)/t20-,21+,22-,26+/m0/s1. The number of nitrogens with one attached hydrogen (secondary N) is 1. The number of hydrogen-bond donors (Lipinski definition) is 3. The van der Waals surface area contributed by atoms with Gasteiger partial charge in [0.2, 0.25) is 5.91 Å². The van der Waals surface area contributed by atoms with Crippen LogP contribution in [0.5, 0.6) is 0 Å². The second kappa shape index (κ2) is 13.4. The van der Waals surface area contributed by atoms with Crippen molar-refractivity contribution in [2.45, 2.75) is 44.7 Å². The number of fused-ring (bicyclic) bond motifs is 1. The average molecular weight is 594 g/mol. The Morgan fingerprint density at radius 1 is 1.05 bits per heavy atom. The molecule has 3 aliphatic rings. The predicted octanol–water partition coefficient (Wildman–Crippen LogP) is 1.58. The number of benzene rings is 1. The molecule has 1 aromatic heterocycles. The molecule has 2 aliphatic heterocycles. The van der Waals surface area contributed by atoms with Crippen LogP contribution >= 0.6 is 0 Å². The zero-order valence-electron chi connectivity index (χ0n) is 24.4. The van der Waals surface area contributed by atoms with Crippen LogP contribution in [0.4, 0.5) is 10.6 Å². The first-order valence-corrected chi connectivity index (χ1v) is 14.9. The number of carbonyl (C=O) groups is 4. The van der Waals surface area contributed by atoms with Gasteiger partial charge in [-0.3, -0.25) is 14.4 Å². The quantitative estimate of drug-likeness (QED) is 0.325. The lowest BCUT2D eigenvalue weighted by Gasteiger charge is -2.36. The number of rotatable bonds is 11. The Labute approximate surface area is 250 Å². The zero-order valence-corrected chi connectivity index (χ0v) is 24.4. The van der Waals surface area contributed by atoms with Crippen LogP contribution in [0.15, 0.2) is 36.4 Å². The van der Waals surface area contributed by atoms with Gasteiger partial charge in [0.05, 0.1) is 6.61 Å². The summed E-state index contributed by atoms with van der Waals surface area (Å²) in [4.78, 5) is 65.3. The number of piperazine rings is 1. The highest BCUT2D eigenvalue weighted by molar-refractivity contribution is 5.97. The van der Waals surface area contributed by atoms with Gasteiger partial charge in [-0.05, 0) is 24.7 Å². The number of aliphatic carboxylic acids is 1. The summed E-state index contributed by atoms with van der Waals surface area (Å²) in [5.41, 5.74) is 6.95. The van der Waals surface area contributed by atoms with Gasteiger partial charge in [0.25, 0.3) is 5.91 Å². The first-order chi connectivity index (χ1) is 20.7. The highest BCUT2D eigenvalue weighted by Gasteiger charge is 2.54. The maximum atomic E-state index is 13.6. The first kappa shape index (κ1) is 30.2. The zero-order chi connectivity index (χ0) is 30.5. The Balaban J connectivity index is 1.30. The van der Waals surface area contributed by atoms with E-state index in [4.69, 9.17) is 15.5 Å². The predicted molar refractivity (Wildman–Crippen MR) is 157 cm³/mol. The van der Waals surface area contributed by atoms with Crippen LogP contribution in [0.25, 0.3) is 11.4 Å². The molecule has 43 heavy (non-hydrogen) atoms. The number of ether oxygens (including phenoxy) is 1. The molecule has 0 bridgehead atoms. The molecule has 4 atom stereocenters. The normalized spacial score (nSPS) is 21.6. The molecule has 13 heteroatoms. The highest BCUT2D eigenvalue weighted by Crippen LogP contribution is 2.45. The summed E-state index contributed by atoms with van der Waals surface area (Å²) in [7, 11) is 0. The third-order valence-corrected chi connectivity index (χ3v) is 8.38. The lowest BCUT2D eigenvalue weighted by molar-refractivity contribution is -0.138. The van der Waals surface area contributed by atoms with Gasteiger partial charge in [-0.1, -0.05) is 43.7 Å². The number of amides is 3. The van der Waals surface area contributed by atoms with Crippen LogP contribution in [-0.4, -0.2) is 107 Å². The molecule has 4 N–H and O–H groups in total. The molecule has 2 aromatic rings. The molecule has 5 rings (SSSR count). The lowest BCUT2D eigenvalue weighted by atomic mass is 10.1. The topological polar surface area (TPSA) is 171 Å². The van der Waals surface area contributed by atoms with Gasteiger partial charge in [-0.25, -0.2) is 14.8 Å². The van der Waals surface area contributed by atoms with Gasteiger partial charge >= 0.3 is 12.1 Å². The van der Waals surface area contributed by atoms with E-state index in [1.165, 1.54) is 0 Å². The monoisotopic (exact) mass is 593 g/mol. The van der Waals surface area contributed by atoms with E-state index in [1.807, 2.05) is 37.3 Å². The maximum Gasteiger partial charge on any atom is 0.409 e. The lowest BCUT2D eigenvalue weighted by Crippen LogP contribution is -2.56. The Morgan fingerprint density at radius 2 is 1.72 bits per heavy atom. The number of carboxylic acid groups (broad SMARTS) is 1. The minimum Gasteiger partial charge on any atom is -0.481 e. The summed E-state index contributed by atoms with van der Waals surface area (Å²) in [5.74, 6) is -0.276. The fraction of sp³-hybridized carbons (Fsp3) is 0.533. The number of aromatic nitrogens is 2. The molecule has 3 fully saturated rings. The summed E-state index contributed by atoms with van der Waals surface area (Å²) in [5, 5.41) is 12.1. The molecule has 1 saturated carbocycles. The van der Waals surface area contributed by atoms with Crippen molar-refractivity contribution in [1.29, 1.82) is 0 Å². The summed E-state index contributed by atoms with van der Waals surface area (Å²) < 4.78 is 5.27. The molecule has 13 nitrogen and oxygen atoms in total. The Kier molecular flexibility index (Phi) is 9.39. The summed E-state index contributed by atoms with van der Waals surface area (Å²) in [6.07, 6.45) is 0.888. The molecular formula is C30H39N7O6. The average Bonchev–Trinajstić information content (AvgIpc) is 3.39. The molecular weight excluding hydrogens is 554 g/mol. The molecule has 1 aromatic carbocycles. The number of anilines is 1. The van der Waals surface area contributed by atoms with Crippen LogP contribution in [0, 0.1) is 11.8 Å². The van der Waals surface area contributed by atoms with E-state index < -0.39 is 29.9 Å². The van der Waals surface area contributed by atoms with Crippen LogP contribution in [0.3, 0.4) is 0 Å². The van der Waals surface area contributed by atoms with Gasteiger partial charge in [-0.15, -0.1) is 0 Å². The van der Waals surface area contributed by atoms with E-state index in [0.29, 0.717) is 30.1 Å². The molecule has 3 amide bonds. The minimum absolute atomic E-state index is 0.0847. The SMILES string of the molecule is CCCCOC(=O)N1CCN(C(=O)[C@H](CCC(=O)O)NC(=O)c2cc(N3C[C@@H]4[C@@H](N)[C@@H]4C3)nc(-c3ccccc3)n2)CC1. The van der Waals surface area contributed by atoms with E-state index in [1.54, 1.807) is 15.9 Å². The van der Waals surface area contributed by atoms with Crippen molar-refractivity contribution in [3.63, 3.8) is 0 Å². The molecule has 0 radical (unpaired) electrons. The minimum atomic E-state index is -1.08. The molecule has 0 spiro atoms. The number of unbranched alkanes of at least 4 members (excludes halogenated alkanes) is 1. The van der Waals surface area contributed by atoms with Gasteiger partial charge in [0, 0.05) is 63.4 Å². The van der Waals surface area contributed by atoms with Crippen molar-refractivity contribution in [3.8, 4) is 11.4 Å². The van der Waals surface area contributed by atoms with Crippen molar-refractivity contribution < 1.29 is 29.0 Å². The van der Waals surface area contributed by atoms with Crippen molar-refractivity contribution in [2.75, 3.05) is 50.8 Å². The fourth-order valence-corrected chi connectivity index (χ4v) is 5.67. The van der Waals surface area contributed by atoms with Crippen LogP contribution in [-0.2, 0) is 14.3 Å². The van der Waals surface area contributed by atoms with E-state index in [2.05, 4.69) is 15.2 Å². The van der Waals surface area contributed by atoms with Gasteiger partial charge in [0.1, 0.15) is 17.6 Å². The third-order valence-electron chi connectivity index (χ3n) is 8.38. The maximum absolute atomic E-state index is 13.6. The number of carbonyl (C=O) groups excluding carboxylic acids is 3. The summed E-state index contributed by atoms with van der Waals surface area (Å²) in [6.45, 7) is 4.91. The second-order valence-electron chi connectivity index (χ2n) is 11.3. The van der Waals surface area contributed by atoms with Crippen LogP contribution in [0.2, 0.25) is 0 Å². The number of nitrogens with zero attached hydrogens (tertiary/aromatic N) is 5. The molecule has 230 valence electrons. The molecule has 0 unspecified atom stereocenters.